The molecular formula is C15H21N5. The first-order chi connectivity index (χ1) is 9.63. The molecule has 5 heteroatoms. The number of anilines is 4. The molecule has 0 aliphatic heterocycles. The van der Waals surface area contributed by atoms with Crippen molar-refractivity contribution in [3.63, 3.8) is 0 Å². The Morgan fingerprint density at radius 3 is 2.40 bits per heavy atom. The van der Waals surface area contributed by atoms with Gasteiger partial charge in [0.15, 0.2) is 0 Å². The number of hydrogen-bond acceptors (Lipinski definition) is 5. The van der Waals surface area contributed by atoms with Crippen LogP contribution in [0.5, 0.6) is 0 Å². The lowest BCUT2D eigenvalue weighted by atomic mass is 10.2. The van der Waals surface area contributed by atoms with E-state index < -0.39 is 0 Å². The Labute approximate surface area is 119 Å². The number of hydrogen-bond donors (Lipinski definition) is 2. The first kappa shape index (κ1) is 14.1. The minimum Gasteiger partial charge on any atom is -0.372 e. The van der Waals surface area contributed by atoms with Crippen LogP contribution < -0.4 is 16.0 Å². The molecule has 0 atom stereocenters. The van der Waals surface area contributed by atoms with E-state index in [0.717, 1.165) is 30.2 Å². The number of benzene rings is 1. The fourth-order valence-electron chi connectivity index (χ4n) is 2.06. The van der Waals surface area contributed by atoms with Gasteiger partial charge in [0.2, 0.25) is 5.95 Å². The molecule has 0 fully saturated rings. The van der Waals surface area contributed by atoms with E-state index in [1.165, 1.54) is 5.69 Å². The first-order valence-electron chi connectivity index (χ1n) is 6.85. The highest BCUT2D eigenvalue weighted by Crippen LogP contribution is 2.22. The van der Waals surface area contributed by atoms with Gasteiger partial charge in [-0.05, 0) is 45.0 Å². The molecule has 0 unspecified atom stereocenters. The maximum absolute atomic E-state index is 5.61. The zero-order valence-corrected chi connectivity index (χ0v) is 12.2. The second-order valence-corrected chi connectivity index (χ2v) is 4.60. The standard InChI is InChI=1S/C15H21N5/c1-4-20(5-2)13-8-6-12(7-9-13)18-14-11(3)10-17-15(16)19-14/h6-10H,4-5H2,1-3H3,(H3,16,17,18,19). The van der Waals surface area contributed by atoms with Crippen molar-refractivity contribution in [2.75, 3.05) is 29.0 Å². The van der Waals surface area contributed by atoms with Crippen molar-refractivity contribution in [1.82, 2.24) is 9.97 Å². The highest BCUT2D eigenvalue weighted by atomic mass is 15.1. The second-order valence-electron chi connectivity index (χ2n) is 4.60. The average Bonchev–Trinajstić information content (AvgIpc) is 2.46. The third kappa shape index (κ3) is 3.17. The number of nitrogens with zero attached hydrogens (tertiary/aromatic N) is 3. The minimum atomic E-state index is 0.276. The monoisotopic (exact) mass is 271 g/mol. The molecule has 0 amide bonds. The third-order valence-electron chi connectivity index (χ3n) is 3.25. The molecule has 2 rings (SSSR count). The molecule has 0 radical (unpaired) electrons. The maximum Gasteiger partial charge on any atom is 0.221 e. The van der Waals surface area contributed by atoms with Crippen LogP contribution in [0.4, 0.5) is 23.1 Å². The van der Waals surface area contributed by atoms with Gasteiger partial charge in [0, 0.05) is 36.2 Å². The number of aromatic nitrogens is 2. The molecule has 0 aliphatic carbocycles. The molecule has 1 aromatic carbocycles. The predicted molar refractivity (Wildman–Crippen MR) is 84.5 cm³/mol. The Kier molecular flexibility index (Phi) is 4.40. The van der Waals surface area contributed by atoms with Crippen molar-refractivity contribution in [3.8, 4) is 0 Å². The summed E-state index contributed by atoms with van der Waals surface area (Å²) in [6.07, 6.45) is 1.72. The van der Waals surface area contributed by atoms with Crippen LogP contribution >= 0.6 is 0 Å². The molecule has 1 aromatic heterocycles. The Bertz CT molecular complexity index is 561. The Balaban J connectivity index is 2.16. The van der Waals surface area contributed by atoms with Crippen molar-refractivity contribution in [2.24, 2.45) is 0 Å². The van der Waals surface area contributed by atoms with Crippen LogP contribution in [-0.2, 0) is 0 Å². The molecular weight excluding hydrogens is 250 g/mol. The van der Waals surface area contributed by atoms with Crippen molar-refractivity contribution in [2.45, 2.75) is 20.8 Å². The number of aryl methyl sites for hydroxylation is 1. The number of rotatable bonds is 5. The second kappa shape index (κ2) is 6.23. The number of nitrogen functional groups attached to an aromatic ring is 1. The van der Waals surface area contributed by atoms with Gasteiger partial charge in [-0.3, -0.25) is 0 Å². The van der Waals surface area contributed by atoms with Crippen molar-refractivity contribution < 1.29 is 0 Å². The normalized spacial score (nSPS) is 10.3. The van der Waals surface area contributed by atoms with Gasteiger partial charge in [-0.2, -0.15) is 4.98 Å². The lowest BCUT2D eigenvalue weighted by molar-refractivity contribution is 0.866. The first-order valence-corrected chi connectivity index (χ1v) is 6.85. The lowest BCUT2D eigenvalue weighted by Gasteiger charge is -2.21. The van der Waals surface area contributed by atoms with E-state index in [0.29, 0.717) is 0 Å². The quantitative estimate of drug-likeness (QED) is 0.875. The van der Waals surface area contributed by atoms with Gasteiger partial charge in [0.05, 0.1) is 0 Å². The zero-order chi connectivity index (χ0) is 14.5. The molecule has 1 heterocycles. The summed E-state index contributed by atoms with van der Waals surface area (Å²) in [6, 6.07) is 8.31. The summed E-state index contributed by atoms with van der Waals surface area (Å²) in [5.74, 6) is 1.02. The Morgan fingerprint density at radius 2 is 1.80 bits per heavy atom. The van der Waals surface area contributed by atoms with Crippen LogP contribution in [-0.4, -0.2) is 23.1 Å². The van der Waals surface area contributed by atoms with E-state index in [1.54, 1.807) is 6.20 Å². The largest absolute Gasteiger partial charge is 0.372 e. The van der Waals surface area contributed by atoms with Gasteiger partial charge in [0.25, 0.3) is 0 Å². The molecule has 0 saturated heterocycles. The van der Waals surface area contributed by atoms with Gasteiger partial charge >= 0.3 is 0 Å². The number of nitrogens with one attached hydrogen (secondary N) is 1. The highest BCUT2D eigenvalue weighted by Gasteiger charge is 2.04. The van der Waals surface area contributed by atoms with E-state index in [9.17, 15) is 0 Å². The smallest absolute Gasteiger partial charge is 0.221 e. The van der Waals surface area contributed by atoms with Crippen molar-refractivity contribution in [3.05, 3.63) is 36.0 Å². The SMILES string of the molecule is CCN(CC)c1ccc(Nc2nc(N)ncc2C)cc1. The van der Waals surface area contributed by atoms with Crippen LogP contribution in [0.2, 0.25) is 0 Å². The van der Waals surface area contributed by atoms with E-state index in [2.05, 4.69) is 46.2 Å². The fourth-order valence-corrected chi connectivity index (χ4v) is 2.06. The van der Waals surface area contributed by atoms with Crippen LogP contribution in [0.3, 0.4) is 0 Å². The van der Waals surface area contributed by atoms with Crippen molar-refractivity contribution in [1.29, 1.82) is 0 Å². The third-order valence-corrected chi connectivity index (χ3v) is 3.25. The van der Waals surface area contributed by atoms with Gasteiger partial charge in [-0.15, -0.1) is 0 Å². The van der Waals surface area contributed by atoms with E-state index in [1.807, 2.05) is 19.1 Å². The van der Waals surface area contributed by atoms with Crippen LogP contribution in [0.15, 0.2) is 30.5 Å². The summed E-state index contributed by atoms with van der Waals surface area (Å²) in [7, 11) is 0. The van der Waals surface area contributed by atoms with Gasteiger partial charge in [-0.25, -0.2) is 4.98 Å². The molecule has 106 valence electrons. The van der Waals surface area contributed by atoms with Crippen LogP contribution in [0, 0.1) is 6.92 Å². The molecule has 0 bridgehead atoms. The van der Waals surface area contributed by atoms with Gasteiger partial charge < -0.3 is 16.0 Å². The topological polar surface area (TPSA) is 67.1 Å². The fraction of sp³-hybridized carbons (Fsp3) is 0.333. The summed E-state index contributed by atoms with van der Waals surface area (Å²) in [5.41, 5.74) is 8.79. The molecule has 0 aliphatic rings. The average molecular weight is 271 g/mol. The minimum absolute atomic E-state index is 0.276. The molecule has 0 spiro atoms. The van der Waals surface area contributed by atoms with Crippen molar-refractivity contribution >= 4 is 23.1 Å². The van der Waals surface area contributed by atoms with E-state index >= 15 is 0 Å². The summed E-state index contributed by atoms with van der Waals surface area (Å²) >= 11 is 0. The Morgan fingerprint density at radius 1 is 1.15 bits per heavy atom. The zero-order valence-electron chi connectivity index (χ0n) is 12.2. The summed E-state index contributed by atoms with van der Waals surface area (Å²) < 4.78 is 0. The molecule has 5 nitrogen and oxygen atoms in total. The molecule has 20 heavy (non-hydrogen) atoms. The van der Waals surface area contributed by atoms with Crippen LogP contribution in [0.1, 0.15) is 19.4 Å². The van der Waals surface area contributed by atoms with E-state index in [4.69, 9.17) is 5.73 Å². The van der Waals surface area contributed by atoms with E-state index in [-0.39, 0.29) is 5.95 Å². The van der Waals surface area contributed by atoms with Gasteiger partial charge in [-0.1, -0.05) is 0 Å². The number of nitrogens with two attached hydrogens (primary N) is 1. The maximum atomic E-state index is 5.61. The van der Waals surface area contributed by atoms with Crippen LogP contribution in [0.25, 0.3) is 0 Å². The molecule has 3 N–H and O–H groups in total. The summed E-state index contributed by atoms with van der Waals surface area (Å²) in [5, 5.41) is 3.27. The predicted octanol–water partition coefficient (Wildman–Crippen LogP) is 2.96. The molecule has 2 aromatic rings. The molecule has 0 saturated carbocycles. The Hall–Kier alpha value is -2.30. The van der Waals surface area contributed by atoms with Gasteiger partial charge in [0.1, 0.15) is 5.82 Å². The lowest BCUT2D eigenvalue weighted by Crippen LogP contribution is -2.21. The summed E-state index contributed by atoms with van der Waals surface area (Å²) in [4.78, 5) is 10.5. The highest BCUT2D eigenvalue weighted by molar-refractivity contribution is 5.63. The summed E-state index contributed by atoms with van der Waals surface area (Å²) in [6.45, 7) is 8.27.